The molecule has 9 heteroatoms. The molecule has 2 aromatic rings. The van der Waals surface area contributed by atoms with Gasteiger partial charge in [0, 0.05) is 44.8 Å². The number of guanidine groups is 1. The summed E-state index contributed by atoms with van der Waals surface area (Å²) in [6, 6.07) is 10.3. The van der Waals surface area contributed by atoms with Gasteiger partial charge < -0.3 is 25.1 Å². The molecule has 0 aliphatic carbocycles. The Labute approximate surface area is 213 Å². The zero-order valence-electron chi connectivity index (χ0n) is 19.6. The lowest BCUT2D eigenvalue weighted by molar-refractivity contribution is 0.0341. The van der Waals surface area contributed by atoms with Crippen molar-refractivity contribution in [3.63, 3.8) is 0 Å². The summed E-state index contributed by atoms with van der Waals surface area (Å²) in [6.45, 7) is 11.1. The Hall–Kier alpha value is -2.11. The van der Waals surface area contributed by atoms with E-state index < -0.39 is 0 Å². The molecular formula is C24H36IN5O3. The first kappa shape index (κ1) is 27.1. The van der Waals surface area contributed by atoms with Crippen molar-refractivity contribution in [3.8, 4) is 0 Å². The number of furan rings is 1. The van der Waals surface area contributed by atoms with Crippen molar-refractivity contribution in [2.45, 2.75) is 33.4 Å². The molecule has 0 unspecified atom stereocenters. The van der Waals surface area contributed by atoms with E-state index in [2.05, 4.69) is 52.0 Å². The Morgan fingerprint density at radius 2 is 1.79 bits per heavy atom. The molecule has 33 heavy (non-hydrogen) atoms. The molecule has 1 saturated heterocycles. The second-order valence-electron chi connectivity index (χ2n) is 7.82. The molecule has 1 aromatic carbocycles. The van der Waals surface area contributed by atoms with Crippen LogP contribution in [0.4, 0.5) is 0 Å². The lowest BCUT2D eigenvalue weighted by Gasteiger charge is -2.27. The summed E-state index contributed by atoms with van der Waals surface area (Å²) in [6.07, 6.45) is 2.31. The maximum absolute atomic E-state index is 12.1. The molecule has 0 spiro atoms. The van der Waals surface area contributed by atoms with Gasteiger partial charge in [0.05, 0.1) is 26.0 Å². The average molecular weight is 569 g/mol. The standard InChI is InChI=1S/C24H35N5O3.HI/c1-3-25-24(27-11-6-10-26-23(30)22-19(2)9-14-32-22)28-17-20-7-4-5-8-21(20)18-29-12-15-31-16-13-29;/h4-5,7-9,14H,3,6,10-13,15-18H2,1-2H3,(H,26,30)(H2,25,27,28);1H. The molecule has 0 bridgehead atoms. The highest BCUT2D eigenvalue weighted by Crippen LogP contribution is 2.14. The van der Waals surface area contributed by atoms with Crippen molar-refractivity contribution < 1.29 is 13.9 Å². The summed E-state index contributed by atoms with van der Waals surface area (Å²) in [4.78, 5) is 19.3. The van der Waals surface area contributed by atoms with Crippen LogP contribution in [0.1, 0.15) is 40.6 Å². The van der Waals surface area contributed by atoms with Gasteiger partial charge in [-0.25, -0.2) is 4.99 Å². The van der Waals surface area contributed by atoms with Gasteiger partial charge in [-0.15, -0.1) is 24.0 Å². The predicted molar refractivity (Wildman–Crippen MR) is 141 cm³/mol. The first-order valence-electron chi connectivity index (χ1n) is 11.4. The molecule has 1 aliphatic rings. The van der Waals surface area contributed by atoms with E-state index in [-0.39, 0.29) is 29.9 Å². The quantitative estimate of drug-likeness (QED) is 0.177. The first-order valence-corrected chi connectivity index (χ1v) is 11.4. The van der Waals surface area contributed by atoms with Crippen LogP contribution in [0.15, 0.2) is 46.0 Å². The Bertz CT molecular complexity index is 880. The summed E-state index contributed by atoms with van der Waals surface area (Å²) < 4.78 is 10.7. The second-order valence-corrected chi connectivity index (χ2v) is 7.82. The Morgan fingerprint density at radius 3 is 2.48 bits per heavy atom. The van der Waals surface area contributed by atoms with Gasteiger partial charge in [0.25, 0.3) is 5.91 Å². The van der Waals surface area contributed by atoms with Gasteiger partial charge in [-0.2, -0.15) is 0 Å². The van der Waals surface area contributed by atoms with Crippen LogP contribution >= 0.6 is 24.0 Å². The number of ether oxygens (including phenoxy) is 1. The minimum atomic E-state index is -0.176. The van der Waals surface area contributed by atoms with Gasteiger partial charge in [-0.1, -0.05) is 24.3 Å². The summed E-state index contributed by atoms with van der Waals surface area (Å²) in [7, 11) is 0. The third kappa shape index (κ3) is 8.98. The van der Waals surface area contributed by atoms with E-state index in [1.807, 2.05) is 6.92 Å². The SMILES string of the molecule is CCNC(=NCc1ccccc1CN1CCOCC1)NCCCNC(=O)c1occc1C.I. The van der Waals surface area contributed by atoms with Crippen LogP contribution in [0.5, 0.6) is 0 Å². The van der Waals surface area contributed by atoms with Gasteiger partial charge in [0.15, 0.2) is 11.7 Å². The van der Waals surface area contributed by atoms with Crippen LogP contribution in [-0.4, -0.2) is 62.7 Å². The Kier molecular flexibility index (Phi) is 12.3. The molecule has 0 radical (unpaired) electrons. The van der Waals surface area contributed by atoms with E-state index >= 15 is 0 Å². The van der Waals surface area contributed by atoms with Crippen LogP contribution in [0.25, 0.3) is 0 Å². The van der Waals surface area contributed by atoms with Gasteiger partial charge in [-0.05, 0) is 37.5 Å². The smallest absolute Gasteiger partial charge is 0.287 e. The van der Waals surface area contributed by atoms with Crippen molar-refractivity contribution in [2.24, 2.45) is 4.99 Å². The summed E-state index contributed by atoms with van der Waals surface area (Å²) in [5.74, 6) is 0.982. The van der Waals surface area contributed by atoms with E-state index in [0.29, 0.717) is 25.4 Å². The topological polar surface area (TPSA) is 91.1 Å². The van der Waals surface area contributed by atoms with Gasteiger partial charge >= 0.3 is 0 Å². The molecular weight excluding hydrogens is 533 g/mol. The third-order valence-corrected chi connectivity index (χ3v) is 5.37. The highest BCUT2D eigenvalue weighted by molar-refractivity contribution is 14.0. The molecule has 1 amide bonds. The molecule has 3 N–H and O–H groups in total. The van der Waals surface area contributed by atoms with Crippen molar-refractivity contribution >= 4 is 35.8 Å². The number of amides is 1. The van der Waals surface area contributed by atoms with E-state index in [4.69, 9.17) is 14.1 Å². The number of nitrogens with one attached hydrogen (secondary N) is 3. The molecule has 0 saturated carbocycles. The molecule has 1 aromatic heterocycles. The summed E-state index contributed by atoms with van der Waals surface area (Å²) in [5, 5.41) is 9.53. The number of aryl methyl sites for hydroxylation is 1. The molecule has 182 valence electrons. The number of hydrogen-bond donors (Lipinski definition) is 3. The normalized spacial score (nSPS) is 14.4. The number of carbonyl (C=O) groups is 1. The highest BCUT2D eigenvalue weighted by Gasteiger charge is 2.13. The van der Waals surface area contributed by atoms with E-state index in [1.165, 1.54) is 17.4 Å². The Balaban J connectivity index is 0.00000385. The first-order chi connectivity index (χ1) is 15.7. The van der Waals surface area contributed by atoms with Gasteiger partial charge in [0.2, 0.25) is 0 Å². The maximum Gasteiger partial charge on any atom is 0.287 e. The molecule has 8 nitrogen and oxygen atoms in total. The third-order valence-electron chi connectivity index (χ3n) is 5.37. The molecule has 0 atom stereocenters. The van der Waals surface area contributed by atoms with Crippen LogP contribution in [0.3, 0.4) is 0 Å². The number of hydrogen-bond acceptors (Lipinski definition) is 5. The zero-order chi connectivity index (χ0) is 22.6. The van der Waals surface area contributed by atoms with Crippen molar-refractivity contribution in [1.82, 2.24) is 20.9 Å². The van der Waals surface area contributed by atoms with E-state index in [0.717, 1.165) is 57.3 Å². The van der Waals surface area contributed by atoms with Crippen molar-refractivity contribution in [1.29, 1.82) is 0 Å². The monoisotopic (exact) mass is 569 g/mol. The summed E-state index contributed by atoms with van der Waals surface area (Å²) >= 11 is 0. The van der Waals surface area contributed by atoms with Crippen molar-refractivity contribution in [3.05, 3.63) is 59.0 Å². The molecule has 1 fully saturated rings. The largest absolute Gasteiger partial charge is 0.459 e. The molecule has 3 rings (SSSR count). The fraction of sp³-hybridized carbons (Fsp3) is 0.500. The minimum absolute atomic E-state index is 0. The molecule has 2 heterocycles. The summed E-state index contributed by atoms with van der Waals surface area (Å²) in [5.41, 5.74) is 3.39. The fourth-order valence-electron chi connectivity index (χ4n) is 3.55. The predicted octanol–water partition coefficient (Wildman–Crippen LogP) is 2.91. The van der Waals surface area contributed by atoms with E-state index in [9.17, 15) is 4.79 Å². The second kappa shape index (κ2) is 14.9. The zero-order valence-corrected chi connectivity index (χ0v) is 21.9. The van der Waals surface area contributed by atoms with E-state index in [1.54, 1.807) is 6.07 Å². The van der Waals surface area contributed by atoms with Crippen LogP contribution < -0.4 is 16.0 Å². The highest BCUT2D eigenvalue weighted by atomic mass is 127. The lowest BCUT2D eigenvalue weighted by atomic mass is 10.1. The molecule has 1 aliphatic heterocycles. The van der Waals surface area contributed by atoms with Crippen LogP contribution in [0, 0.1) is 6.92 Å². The number of benzene rings is 1. The van der Waals surface area contributed by atoms with Crippen LogP contribution in [0.2, 0.25) is 0 Å². The number of aliphatic imine (C=N–C) groups is 1. The average Bonchev–Trinajstić information content (AvgIpc) is 3.24. The van der Waals surface area contributed by atoms with Crippen LogP contribution in [-0.2, 0) is 17.8 Å². The number of halogens is 1. The number of rotatable bonds is 10. The minimum Gasteiger partial charge on any atom is -0.459 e. The Morgan fingerprint density at radius 1 is 1.06 bits per heavy atom. The number of morpholine rings is 1. The van der Waals surface area contributed by atoms with Gasteiger partial charge in [-0.3, -0.25) is 9.69 Å². The number of nitrogens with zero attached hydrogens (tertiary/aromatic N) is 2. The fourth-order valence-corrected chi connectivity index (χ4v) is 3.55. The maximum atomic E-state index is 12.1. The van der Waals surface area contributed by atoms with Gasteiger partial charge in [0.1, 0.15) is 0 Å². The lowest BCUT2D eigenvalue weighted by Crippen LogP contribution is -2.39. The van der Waals surface area contributed by atoms with Crippen molar-refractivity contribution in [2.75, 3.05) is 45.9 Å². The number of carbonyl (C=O) groups excluding carboxylic acids is 1.